The zero-order valence-corrected chi connectivity index (χ0v) is 19.7. The van der Waals surface area contributed by atoms with Gasteiger partial charge in [0.15, 0.2) is 6.10 Å². The van der Waals surface area contributed by atoms with Crippen LogP contribution >= 0.6 is 11.3 Å². The summed E-state index contributed by atoms with van der Waals surface area (Å²) in [4.78, 5) is 12.7. The zero-order chi connectivity index (χ0) is 23.3. The van der Waals surface area contributed by atoms with Gasteiger partial charge in [-0.25, -0.2) is 8.42 Å². The third kappa shape index (κ3) is 5.74. The number of hydrogen-bond donors (Lipinski definition) is 1. The summed E-state index contributed by atoms with van der Waals surface area (Å²) in [5, 5.41) is 12.0. The highest BCUT2D eigenvalue weighted by Crippen LogP contribution is 2.28. The molecule has 3 rings (SSSR count). The van der Waals surface area contributed by atoms with Crippen LogP contribution in [0.5, 0.6) is 11.5 Å². The second-order valence-electron chi connectivity index (χ2n) is 6.87. The van der Waals surface area contributed by atoms with Crippen LogP contribution in [0.2, 0.25) is 0 Å². The van der Waals surface area contributed by atoms with Gasteiger partial charge in [0.05, 0.1) is 19.1 Å². The highest BCUT2D eigenvalue weighted by molar-refractivity contribution is 7.92. The number of aromatic nitrogens is 2. The maximum absolute atomic E-state index is 12.7. The first-order chi connectivity index (χ1) is 15.2. The number of amides is 1. The molecule has 0 aliphatic rings. The Morgan fingerprint density at radius 1 is 1.09 bits per heavy atom. The molecule has 0 bridgehead atoms. The number of nitrogens with one attached hydrogen (secondary N) is 1. The first kappa shape index (κ1) is 23.5. The third-order valence-electron chi connectivity index (χ3n) is 4.63. The van der Waals surface area contributed by atoms with Crippen LogP contribution in [0.25, 0.3) is 10.6 Å². The Labute approximate surface area is 191 Å². The number of nitrogens with zero attached hydrogens (tertiary/aromatic N) is 3. The first-order valence-corrected chi connectivity index (χ1v) is 12.4. The summed E-state index contributed by atoms with van der Waals surface area (Å²) in [6.45, 7) is 1.83. The minimum atomic E-state index is -3.36. The minimum absolute atomic E-state index is 0.345. The van der Waals surface area contributed by atoms with E-state index in [4.69, 9.17) is 9.47 Å². The quantitative estimate of drug-likeness (QED) is 0.504. The topological polar surface area (TPSA) is 111 Å². The molecule has 0 aliphatic carbocycles. The molecule has 0 saturated heterocycles. The van der Waals surface area contributed by atoms with Gasteiger partial charge in [0.25, 0.3) is 5.91 Å². The van der Waals surface area contributed by atoms with Gasteiger partial charge >= 0.3 is 0 Å². The predicted molar refractivity (Wildman–Crippen MR) is 125 cm³/mol. The molecule has 1 aromatic heterocycles. The summed E-state index contributed by atoms with van der Waals surface area (Å²) in [6.07, 6.45) is 0.811. The molecule has 9 nitrogen and oxygen atoms in total. The number of sulfonamides is 1. The maximum atomic E-state index is 12.7. The van der Waals surface area contributed by atoms with Gasteiger partial charge in [-0.1, -0.05) is 18.3 Å². The van der Waals surface area contributed by atoms with E-state index in [1.54, 1.807) is 31.4 Å². The van der Waals surface area contributed by atoms with Crippen LogP contribution in [0.1, 0.15) is 13.3 Å². The summed E-state index contributed by atoms with van der Waals surface area (Å²) in [5.74, 6) is 0.849. The lowest BCUT2D eigenvalue weighted by Gasteiger charge is -2.19. The lowest BCUT2D eigenvalue weighted by Crippen LogP contribution is -2.32. The van der Waals surface area contributed by atoms with Crippen molar-refractivity contribution in [3.05, 3.63) is 48.5 Å². The summed E-state index contributed by atoms with van der Waals surface area (Å²) < 4.78 is 35.4. The first-order valence-electron chi connectivity index (χ1n) is 9.70. The molecule has 3 aromatic rings. The van der Waals surface area contributed by atoms with Gasteiger partial charge in [-0.15, -0.1) is 10.2 Å². The van der Waals surface area contributed by atoms with E-state index in [0.717, 1.165) is 21.9 Å². The lowest BCUT2D eigenvalue weighted by atomic mass is 10.2. The fraction of sp³-hybridized carbons (Fsp3) is 0.286. The monoisotopic (exact) mass is 476 g/mol. The van der Waals surface area contributed by atoms with Gasteiger partial charge < -0.3 is 9.47 Å². The van der Waals surface area contributed by atoms with E-state index < -0.39 is 16.1 Å². The molecule has 1 N–H and O–H groups in total. The van der Waals surface area contributed by atoms with Gasteiger partial charge in [0.2, 0.25) is 15.2 Å². The fourth-order valence-electron chi connectivity index (χ4n) is 2.72. The lowest BCUT2D eigenvalue weighted by molar-refractivity contribution is -0.122. The van der Waals surface area contributed by atoms with Gasteiger partial charge in [-0.2, -0.15) is 0 Å². The molecule has 0 saturated carbocycles. The van der Waals surface area contributed by atoms with Crippen LogP contribution in [0.15, 0.2) is 48.5 Å². The molecule has 170 valence electrons. The van der Waals surface area contributed by atoms with E-state index in [9.17, 15) is 13.2 Å². The SMILES string of the molecule is CCC(Oc1ccc(N(C)S(C)(=O)=O)cc1)C(=O)Nc1nnc(-c2ccc(OC)cc2)s1. The predicted octanol–water partition coefficient (Wildman–Crippen LogP) is 3.41. The molecule has 11 heteroatoms. The average Bonchev–Trinajstić information content (AvgIpc) is 3.25. The van der Waals surface area contributed by atoms with Crippen molar-refractivity contribution < 1.29 is 22.7 Å². The largest absolute Gasteiger partial charge is 0.497 e. The van der Waals surface area contributed by atoms with Crippen LogP contribution in [0, 0.1) is 0 Å². The number of anilines is 2. The number of benzene rings is 2. The molecule has 0 radical (unpaired) electrons. The van der Waals surface area contributed by atoms with Gasteiger partial charge in [0.1, 0.15) is 16.5 Å². The summed E-state index contributed by atoms with van der Waals surface area (Å²) in [7, 11) is -0.288. The van der Waals surface area contributed by atoms with E-state index in [2.05, 4.69) is 15.5 Å². The molecule has 2 aromatic carbocycles. The van der Waals surface area contributed by atoms with Crippen LogP contribution in [0.3, 0.4) is 0 Å². The zero-order valence-electron chi connectivity index (χ0n) is 18.1. The summed E-state index contributed by atoms with van der Waals surface area (Å²) >= 11 is 1.26. The van der Waals surface area contributed by atoms with Gasteiger partial charge in [-0.3, -0.25) is 14.4 Å². The molecular weight excluding hydrogens is 452 g/mol. The van der Waals surface area contributed by atoms with E-state index >= 15 is 0 Å². The van der Waals surface area contributed by atoms with Crippen LogP contribution in [-0.2, 0) is 14.8 Å². The van der Waals surface area contributed by atoms with Crippen LogP contribution in [-0.4, -0.2) is 51.0 Å². The number of carbonyl (C=O) groups is 1. The Hall–Kier alpha value is -3.18. The van der Waals surface area contributed by atoms with Crippen molar-refractivity contribution in [1.29, 1.82) is 0 Å². The second-order valence-corrected chi connectivity index (χ2v) is 9.86. The molecule has 32 heavy (non-hydrogen) atoms. The summed E-state index contributed by atoms with van der Waals surface area (Å²) in [6, 6.07) is 13.9. The van der Waals surface area contributed by atoms with E-state index in [1.165, 1.54) is 18.4 Å². The minimum Gasteiger partial charge on any atom is -0.497 e. The van der Waals surface area contributed by atoms with E-state index in [0.29, 0.717) is 28.0 Å². The number of carbonyl (C=O) groups excluding carboxylic acids is 1. The molecule has 1 atom stereocenters. The molecule has 1 amide bonds. The molecule has 0 fully saturated rings. The van der Waals surface area contributed by atoms with Gasteiger partial charge in [0, 0.05) is 12.6 Å². The van der Waals surface area contributed by atoms with E-state index in [-0.39, 0.29) is 5.91 Å². The summed E-state index contributed by atoms with van der Waals surface area (Å²) in [5.41, 5.74) is 1.36. The average molecular weight is 477 g/mol. The van der Waals surface area contributed by atoms with Crippen LogP contribution in [0.4, 0.5) is 10.8 Å². The van der Waals surface area contributed by atoms with Crippen molar-refractivity contribution in [3.63, 3.8) is 0 Å². The molecule has 1 heterocycles. The van der Waals surface area contributed by atoms with Crippen molar-refractivity contribution in [2.45, 2.75) is 19.4 Å². The molecule has 0 aliphatic heterocycles. The maximum Gasteiger partial charge on any atom is 0.267 e. The standard InChI is InChI=1S/C21H24N4O5S2/c1-5-18(30-17-12-8-15(9-13-17)25(2)32(4,27)28)19(26)22-21-24-23-20(31-21)14-6-10-16(29-3)11-7-14/h6-13,18H,5H2,1-4H3,(H,22,24,26). The Balaban J connectivity index is 1.64. The molecule has 1 unspecified atom stereocenters. The highest BCUT2D eigenvalue weighted by atomic mass is 32.2. The number of hydrogen-bond acceptors (Lipinski definition) is 8. The fourth-order valence-corrected chi connectivity index (χ4v) is 3.98. The Morgan fingerprint density at radius 3 is 2.28 bits per heavy atom. The van der Waals surface area contributed by atoms with Crippen molar-refractivity contribution in [3.8, 4) is 22.1 Å². The Morgan fingerprint density at radius 2 is 1.72 bits per heavy atom. The van der Waals surface area contributed by atoms with Crippen molar-refractivity contribution in [2.75, 3.05) is 30.0 Å². The smallest absolute Gasteiger partial charge is 0.267 e. The normalized spacial score (nSPS) is 12.1. The van der Waals surface area contributed by atoms with Crippen molar-refractivity contribution >= 4 is 38.1 Å². The second kappa shape index (κ2) is 9.96. The number of ether oxygens (including phenoxy) is 2. The molecule has 0 spiro atoms. The van der Waals surface area contributed by atoms with Gasteiger partial charge in [-0.05, 0) is 55.0 Å². The number of rotatable bonds is 9. The van der Waals surface area contributed by atoms with E-state index in [1.807, 2.05) is 31.2 Å². The van der Waals surface area contributed by atoms with Crippen molar-refractivity contribution in [1.82, 2.24) is 10.2 Å². The van der Waals surface area contributed by atoms with Crippen LogP contribution < -0.4 is 19.1 Å². The number of methoxy groups -OCH3 is 1. The third-order valence-corrected chi connectivity index (χ3v) is 6.72. The Bertz CT molecular complexity index is 1160. The van der Waals surface area contributed by atoms with Crippen molar-refractivity contribution in [2.24, 2.45) is 0 Å². The Kier molecular flexibility index (Phi) is 7.31. The molecular formula is C21H24N4O5S2. The highest BCUT2D eigenvalue weighted by Gasteiger charge is 2.21.